The van der Waals surface area contributed by atoms with E-state index in [1.807, 2.05) is 6.92 Å². The van der Waals surface area contributed by atoms with Crippen LogP contribution in [-0.2, 0) is 0 Å². The Morgan fingerprint density at radius 3 is 2.22 bits per heavy atom. The van der Waals surface area contributed by atoms with Gasteiger partial charge in [-0.05, 0) is 18.8 Å². The molecule has 0 unspecified atom stereocenters. The number of rotatable bonds is 4. The molecule has 0 rings (SSSR count). The molecule has 0 aromatic carbocycles. The van der Waals surface area contributed by atoms with Crippen LogP contribution in [0.3, 0.4) is 0 Å². The van der Waals surface area contributed by atoms with E-state index >= 15 is 0 Å². The molecule has 0 spiro atoms. The van der Waals surface area contributed by atoms with Gasteiger partial charge in [-0.25, -0.2) is 0 Å². The van der Waals surface area contributed by atoms with Crippen molar-refractivity contribution in [3.05, 3.63) is 0 Å². The van der Waals surface area contributed by atoms with Gasteiger partial charge in [-0.1, -0.05) is 27.2 Å². The van der Waals surface area contributed by atoms with E-state index in [1.54, 1.807) is 0 Å². The van der Waals surface area contributed by atoms with Gasteiger partial charge in [0.1, 0.15) is 0 Å². The van der Waals surface area contributed by atoms with E-state index < -0.39 is 0 Å². The molecule has 56 valence electrons. The molecule has 0 heterocycles. The van der Waals surface area contributed by atoms with Gasteiger partial charge in [0.25, 0.3) is 0 Å². The maximum absolute atomic E-state index is 9.26. The lowest BCUT2D eigenvalue weighted by Crippen LogP contribution is -2.15. The summed E-state index contributed by atoms with van der Waals surface area (Å²) in [5, 5.41) is 9.26. The maximum atomic E-state index is 9.26. The van der Waals surface area contributed by atoms with Crippen LogP contribution in [0.15, 0.2) is 0 Å². The van der Waals surface area contributed by atoms with Gasteiger partial charge in [-0.15, -0.1) is 0 Å². The molecular formula is C8H18O. The predicted molar refractivity (Wildman–Crippen MR) is 40.4 cm³/mol. The summed E-state index contributed by atoms with van der Waals surface area (Å²) >= 11 is 0. The Kier molecular flexibility index (Phi) is 4.78. The number of aliphatic hydroxyl groups excluding tert-OH is 1. The fraction of sp³-hybridized carbons (Fsp3) is 1.00. The first-order valence-electron chi connectivity index (χ1n) is 3.90. The van der Waals surface area contributed by atoms with Gasteiger partial charge in [0.2, 0.25) is 0 Å². The summed E-state index contributed by atoms with van der Waals surface area (Å²) in [5.41, 5.74) is 0. The third-order valence-corrected chi connectivity index (χ3v) is 1.82. The SMILES string of the molecule is CCC[C@H](C)[C@@H](O)CC. The van der Waals surface area contributed by atoms with Crippen molar-refractivity contribution in [1.82, 2.24) is 0 Å². The Bertz CT molecular complexity index is 61.6. The van der Waals surface area contributed by atoms with Crippen molar-refractivity contribution in [2.45, 2.75) is 46.1 Å². The second-order valence-electron chi connectivity index (χ2n) is 2.74. The summed E-state index contributed by atoms with van der Waals surface area (Å²) in [5.74, 6) is 0.486. The average Bonchev–Trinajstić information content (AvgIpc) is 1.87. The summed E-state index contributed by atoms with van der Waals surface area (Å²) < 4.78 is 0. The van der Waals surface area contributed by atoms with E-state index in [0.29, 0.717) is 5.92 Å². The Hall–Kier alpha value is -0.0400. The molecule has 0 aliphatic carbocycles. The number of aliphatic hydroxyl groups is 1. The highest BCUT2D eigenvalue weighted by Gasteiger charge is 2.09. The molecule has 0 aliphatic rings. The van der Waals surface area contributed by atoms with E-state index in [-0.39, 0.29) is 6.10 Å². The van der Waals surface area contributed by atoms with Gasteiger partial charge in [0.05, 0.1) is 6.10 Å². The molecule has 9 heavy (non-hydrogen) atoms. The van der Waals surface area contributed by atoms with Crippen molar-refractivity contribution >= 4 is 0 Å². The van der Waals surface area contributed by atoms with Crippen molar-refractivity contribution in [1.29, 1.82) is 0 Å². The van der Waals surface area contributed by atoms with Crippen LogP contribution in [0.4, 0.5) is 0 Å². The smallest absolute Gasteiger partial charge is 0.0563 e. The van der Waals surface area contributed by atoms with Gasteiger partial charge < -0.3 is 5.11 Å². The third-order valence-electron chi connectivity index (χ3n) is 1.82. The van der Waals surface area contributed by atoms with Crippen molar-refractivity contribution in [2.24, 2.45) is 5.92 Å². The lowest BCUT2D eigenvalue weighted by molar-refractivity contribution is 0.107. The molecule has 0 radical (unpaired) electrons. The Morgan fingerprint density at radius 1 is 1.33 bits per heavy atom. The minimum Gasteiger partial charge on any atom is -0.393 e. The van der Waals surface area contributed by atoms with Crippen molar-refractivity contribution < 1.29 is 5.11 Å². The topological polar surface area (TPSA) is 20.2 Å². The van der Waals surface area contributed by atoms with Crippen LogP contribution in [0.25, 0.3) is 0 Å². The molecule has 0 fully saturated rings. The zero-order valence-electron chi connectivity index (χ0n) is 6.72. The number of hydrogen-bond acceptors (Lipinski definition) is 1. The summed E-state index contributed by atoms with van der Waals surface area (Å²) in [6.45, 7) is 6.29. The molecule has 1 heteroatoms. The van der Waals surface area contributed by atoms with Crippen LogP contribution < -0.4 is 0 Å². The Morgan fingerprint density at radius 2 is 1.89 bits per heavy atom. The fourth-order valence-electron chi connectivity index (χ4n) is 1.05. The normalized spacial score (nSPS) is 17.3. The first-order valence-corrected chi connectivity index (χ1v) is 3.90. The zero-order chi connectivity index (χ0) is 7.28. The molecule has 0 saturated carbocycles. The van der Waals surface area contributed by atoms with Gasteiger partial charge >= 0.3 is 0 Å². The zero-order valence-corrected chi connectivity index (χ0v) is 6.72. The molecular weight excluding hydrogens is 112 g/mol. The minimum absolute atomic E-state index is 0.0788. The molecule has 1 N–H and O–H groups in total. The van der Waals surface area contributed by atoms with Gasteiger partial charge in [0, 0.05) is 0 Å². The average molecular weight is 130 g/mol. The van der Waals surface area contributed by atoms with Gasteiger partial charge in [-0.2, -0.15) is 0 Å². The highest BCUT2D eigenvalue weighted by atomic mass is 16.3. The standard InChI is InChI=1S/C8H18O/c1-4-6-7(3)8(9)5-2/h7-9H,4-6H2,1-3H3/t7-,8-/m0/s1. The Labute approximate surface area is 58.1 Å². The molecule has 1 nitrogen and oxygen atoms in total. The molecule has 0 amide bonds. The lowest BCUT2D eigenvalue weighted by Gasteiger charge is -2.15. The summed E-state index contributed by atoms with van der Waals surface area (Å²) in [7, 11) is 0. The summed E-state index contributed by atoms with van der Waals surface area (Å²) in [6, 6.07) is 0. The summed E-state index contributed by atoms with van der Waals surface area (Å²) in [4.78, 5) is 0. The highest BCUT2D eigenvalue weighted by molar-refractivity contribution is 4.60. The molecule has 0 bridgehead atoms. The van der Waals surface area contributed by atoms with Crippen LogP contribution in [0.5, 0.6) is 0 Å². The van der Waals surface area contributed by atoms with Crippen LogP contribution in [0.2, 0.25) is 0 Å². The second kappa shape index (κ2) is 4.80. The van der Waals surface area contributed by atoms with E-state index in [4.69, 9.17) is 0 Å². The molecule has 0 saturated heterocycles. The van der Waals surface area contributed by atoms with Crippen LogP contribution in [0, 0.1) is 5.92 Å². The number of hydrogen-bond donors (Lipinski definition) is 1. The fourth-order valence-corrected chi connectivity index (χ4v) is 1.05. The second-order valence-corrected chi connectivity index (χ2v) is 2.74. The van der Waals surface area contributed by atoms with Crippen LogP contribution in [-0.4, -0.2) is 11.2 Å². The molecule has 0 aliphatic heterocycles. The van der Waals surface area contributed by atoms with E-state index in [1.165, 1.54) is 6.42 Å². The third kappa shape index (κ3) is 3.52. The van der Waals surface area contributed by atoms with Gasteiger partial charge in [-0.3, -0.25) is 0 Å². The quantitative estimate of drug-likeness (QED) is 0.618. The van der Waals surface area contributed by atoms with Gasteiger partial charge in [0.15, 0.2) is 0 Å². The molecule has 0 aromatic heterocycles. The van der Waals surface area contributed by atoms with Crippen molar-refractivity contribution in [2.75, 3.05) is 0 Å². The van der Waals surface area contributed by atoms with Crippen LogP contribution >= 0.6 is 0 Å². The monoisotopic (exact) mass is 130 g/mol. The first-order chi connectivity index (χ1) is 4.22. The molecule has 0 aromatic rings. The maximum Gasteiger partial charge on any atom is 0.0563 e. The highest BCUT2D eigenvalue weighted by Crippen LogP contribution is 2.12. The van der Waals surface area contributed by atoms with E-state index in [2.05, 4.69) is 13.8 Å². The predicted octanol–water partition coefficient (Wildman–Crippen LogP) is 2.19. The van der Waals surface area contributed by atoms with Crippen molar-refractivity contribution in [3.63, 3.8) is 0 Å². The van der Waals surface area contributed by atoms with E-state index in [0.717, 1.165) is 12.8 Å². The summed E-state index contributed by atoms with van der Waals surface area (Å²) in [6.07, 6.45) is 3.14. The largest absolute Gasteiger partial charge is 0.393 e. The molecule has 2 atom stereocenters. The van der Waals surface area contributed by atoms with E-state index in [9.17, 15) is 5.11 Å². The van der Waals surface area contributed by atoms with Crippen LogP contribution in [0.1, 0.15) is 40.0 Å². The minimum atomic E-state index is -0.0788. The first kappa shape index (κ1) is 8.96. The van der Waals surface area contributed by atoms with Crippen molar-refractivity contribution in [3.8, 4) is 0 Å². The lowest BCUT2D eigenvalue weighted by atomic mass is 9.98. The Balaban J connectivity index is 3.32.